The Morgan fingerprint density at radius 2 is 1.87 bits per heavy atom. The number of nitrogens with zero attached hydrogens (tertiary/aromatic N) is 2. The third kappa shape index (κ3) is 8.66. The van der Waals surface area contributed by atoms with Gasteiger partial charge in [0.15, 0.2) is 0 Å². The number of hydrogen-bond donors (Lipinski definition) is 2. The van der Waals surface area contributed by atoms with Crippen LogP contribution in [0.4, 0.5) is 5.69 Å². The zero-order chi connectivity index (χ0) is 22.6. The van der Waals surface area contributed by atoms with Gasteiger partial charge in [0.1, 0.15) is 12.4 Å². The Morgan fingerprint density at radius 3 is 2.55 bits per heavy atom. The van der Waals surface area contributed by atoms with Gasteiger partial charge >= 0.3 is 5.97 Å². The molecule has 0 bridgehead atoms. The van der Waals surface area contributed by atoms with E-state index < -0.39 is 5.97 Å². The number of hydrogen-bond acceptors (Lipinski definition) is 5. The van der Waals surface area contributed by atoms with Crippen molar-refractivity contribution < 1.29 is 19.4 Å². The Kier molecular flexibility index (Phi) is 9.81. The van der Waals surface area contributed by atoms with E-state index in [-0.39, 0.29) is 18.4 Å². The molecule has 0 spiro atoms. The largest absolute Gasteiger partial charge is 0.492 e. The van der Waals surface area contributed by atoms with E-state index in [4.69, 9.17) is 9.84 Å². The molecule has 1 aromatic heterocycles. The number of ether oxygens (including phenoxy) is 1. The predicted octanol–water partition coefficient (Wildman–Crippen LogP) is 4.38. The smallest absolute Gasteiger partial charge is 0.303 e. The van der Waals surface area contributed by atoms with Crippen molar-refractivity contribution >= 4 is 17.6 Å². The number of carbonyl (C=O) groups excluding carboxylic acids is 1. The summed E-state index contributed by atoms with van der Waals surface area (Å²) in [5.74, 6) is -0.137. The summed E-state index contributed by atoms with van der Waals surface area (Å²) in [6.45, 7) is 7.65. The van der Waals surface area contributed by atoms with E-state index in [0.29, 0.717) is 37.4 Å². The number of anilines is 1. The molecule has 0 aliphatic heterocycles. The van der Waals surface area contributed by atoms with Crippen LogP contribution in [-0.2, 0) is 4.79 Å². The van der Waals surface area contributed by atoms with Crippen molar-refractivity contribution in [1.29, 1.82) is 0 Å². The molecule has 7 nitrogen and oxygen atoms in total. The first kappa shape index (κ1) is 24.2. The molecule has 2 aromatic rings. The maximum absolute atomic E-state index is 13.1. The SMILES string of the molecule is Cc1cc(OCCNc2ccncc2)cc(C(=O)N(CCCCCC(=O)O)C(C)C)c1. The Balaban J connectivity index is 1.92. The van der Waals surface area contributed by atoms with E-state index in [1.807, 2.05) is 49.9 Å². The zero-order valence-electron chi connectivity index (χ0n) is 18.6. The molecule has 0 aliphatic rings. The van der Waals surface area contributed by atoms with E-state index in [1.54, 1.807) is 18.5 Å². The molecule has 2 N–H and O–H groups in total. The molecular formula is C24H33N3O4. The fraction of sp³-hybridized carbons (Fsp3) is 0.458. The topological polar surface area (TPSA) is 91.8 Å². The van der Waals surface area contributed by atoms with Crippen molar-refractivity contribution in [3.05, 3.63) is 53.9 Å². The molecule has 1 amide bonds. The molecule has 168 valence electrons. The summed E-state index contributed by atoms with van der Waals surface area (Å²) in [5.41, 5.74) is 2.55. The van der Waals surface area contributed by atoms with E-state index in [9.17, 15) is 9.59 Å². The van der Waals surface area contributed by atoms with Crippen LogP contribution in [0.1, 0.15) is 55.5 Å². The Bertz CT molecular complexity index is 840. The first-order valence-corrected chi connectivity index (χ1v) is 10.8. The van der Waals surface area contributed by atoms with Crippen LogP contribution in [0.2, 0.25) is 0 Å². The van der Waals surface area contributed by atoms with Crippen molar-refractivity contribution in [2.45, 2.75) is 52.5 Å². The van der Waals surface area contributed by atoms with Gasteiger partial charge in [-0.2, -0.15) is 0 Å². The lowest BCUT2D eigenvalue weighted by molar-refractivity contribution is -0.137. The number of carbonyl (C=O) groups is 2. The Morgan fingerprint density at radius 1 is 1.13 bits per heavy atom. The van der Waals surface area contributed by atoms with Gasteiger partial charge in [-0.1, -0.05) is 6.42 Å². The van der Waals surface area contributed by atoms with Gasteiger partial charge in [0, 0.05) is 49.2 Å². The molecule has 0 unspecified atom stereocenters. The zero-order valence-corrected chi connectivity index (χ0v) is 18.6. The summed E-state index contributed by atoms with van der Waals surface area (Å²) in [4.78, 5) is 29.6. The number of nitrogens with one attached hydrogen (secondary N) is 1. The van der Waals surface area contributed by atoms with Gasteiger partial charge in [0.2, 0.25) is 0 Å². The van der Waals surface area contributed by atoms with Gasteiger partial charge in [-0.3, -0.25) is 14.6 Å². The van der Waals surface area contributed by atoms with Gasteiger partial charge in [0.05, 0.1) is 0 Å². The number of amides is 1. The third-order valence-corrected chi connectivity index (χ3v) is 4.85. The second kappa shape index (κ2) is 12.6. The number of aromatic nitrogens is 1. The summed E-state index contributed by atoms with van der Waals surface area (Å²) in [6, 6.07) is 9.44. The van der Waals surface area contributed by atoms with Crippen LogP contribution in [0.15, 0.2) is 42.7 Å². The molecule has 1 aromatic carbocycles. The summed E-state index contributed by atoms with van der Waals surface area (Å²) < 4.78 is 5.87. The van der Waals surface area contributed by atoms with Crippen LogP contribution in [0.3, 0.4) is 0 Å². The number of unbranched alkanes of at least 4 members (excludes halogenated alkanes) is 2. The van der Waals surface area contributed by atoms with Crippen LogP contribution in [-0.4, -0.2) is 52.6 Å². The molecule has 0 aliphatic carbocycles. The minimum atomic E-state index is -0.778. The number of carboxylic acids is 1. The molecule has 1 heterocycles. The monoisotopic (exact) mass is 427 g/mol. The van der Waals surface area contributed by atoms with Crippen LogP contribution < -0.4 is 10.1 Å². The lowest BCUT2D eigenvalue weighted by atomic mass is 10.1. The maximum Gasteiger partial charge on any atom is 0.303 e. The number of pyridine rings is 1. The van der Waals surface area contributed by atoms with Gasteiger partial charge in [-0.25, -0.2) is 0 Å². The molecule has 0 atom stereocenters. The molecule has 0 saturated carbocycles. The minimum absolute atomic E-state index is 0.0308. The quantitative estimate of drug-likeness (QED) is 0.461. The normalized spacial score (nSPS) is 10.7. The van der Waals surface area contributed by atoms with Crippen molar-refractivity contribution in [3.8, 4) is 5.75 Å². The second-order valence-corrected chi connectivity index (χ2v) is 7.84. The number of aliphatic carboxylic acids is 1. The predicted molar refractivity (Wildman–Crippen MR) is 122 cm³/mol. The lowest BCUT2D eigenvalue weighted by Gasteiger charge is -2.27. The number of aryl methyl sites for hydroxylation is 1. The van der Waals surface area contributed by atoms with E-state index in [0.717, 1.165) is 24.1 Å². The molecule has 7 heteroatoms. The van der Waals surface area contributed by atoms with Crippen LogP contribution in [0, 0.1) is 6.92 Å². The third-order valence-electron chi connectivity index (χ3n) is 4.85. The molecule has 0 saturated heterocycles. The number of carboxylic acid groups (broad SMARTS) is 1. The van der Waals surface area contributed by atoms with Crippen molar-refractivity contribution in [3.63, 3.8) is 0 Å². The second-order valence-electron chi connectivity index (χ2n) is 7.84. The van der Waals surface area contributed by atoms with E-state index >= 15 is 0 Å². The Hall–Kier alpha value is -3.09. The minimum Gasteiger partial charge on any atom is -0.492 e. The van der Waals surface area contributed by atoms with Gasteiger partial charge in [-0.05, 0) is 69.5 Å². The molecule has 2 rings (SSSR count). The van der Waals surface area contributed by atoms with Crippen LogP contribution >= 0.6 is 0 Å². The summed E-state index contributed by atoms with van der Waals surface area (Å²) in [5, 5.41) is 12.0. The van der Waals surface area contributed by atoms with Gasteiger partial charge < -0.3 is 20.1 Å². The number of benzene rings is 1. The highest BCUT2D eigenvalue weighted by atomic mass is 16.5. The van der Waals surface area contributed by atoms with Crippen molar-refractivity contribution in [2.75, 3.05) is 25.0 Å². The summed E-state index contributed by atoms with van der Waals surface area (Å²) in [6.07, 6.45) is 5.83. The molecule has 0 fully saturated rings. The summed E-state index contributed by atoms with van der Waals surface area (Å²) >= 11 is 0. The fourth-order valence-corrected chi connectivity index (χ4v) is 3.28. The first-order valence-electron chi connectivity index (χ1n) is 10.8. The average Bonchev–Trinajstić information content (AvgIpc) is 2.73. The average molecular weight is 428 g/mol. The highest BCUT2D eigenvalue weighted by molar-refractivity contribution is 5.95. The maximum atomic E-state index is 13.1. The van der Waals surface area contributed by atoms with Crippen LogP contribution in [0.5, 0.6) is 5.75 Å². The first-order chi connectivity index (χ1) is 14.9. The molecular weight excluding hydrogens is 394 g/mol. The van der Waals surface area contributed by atoms with E-state index in [2.05, 4.69) is 10.3 Å². The lowest BCUT2D eigenvalue weighted by Crippen LogP contribution is -2.37. The highest BCUT2D eigenvalue weighted by Gasteiger charge is 2.19. The fourth-order valence-electron chi connectivity index (χ4n) is 3.28. The van der Waals surface area contributed by atoms with Gasteiger partial charge in [0.25, 0.3) is 5.91 Å². The molecule has 31 heavy (non-hydrogen) atoms. The van der Waals surface area contributed by atoms with Crippen molar-refractivity contribution in [2.24, 2.45) is 0 Å². The number of rotatable bonds is 13. The standard InChI is InChI=1S/C24H33N3O4/c1-18(2)27(13-6-4-5-7-23(28)29)24(30)20-15-19(3)16-22(17-20)31-14-12-26-21-8-10-25-11-9-21/h8-11,15-18H,4-7,12-14H2,1-3H3,(H,25,26)(H,28,29). The Labute approximate surface area is 184 Å². The summed E-state index contributed by atoms with van der Waals surface area (Å²) in [7, 11) is 0. The highest BCUT2D eigenvalue weighted by Crippen LogP contribution is 2.20. The van der Waals surface area contributed by atoms with E-state index in [1.165, 1.54) is 0 Å². The van der Waals surface area contributed by atoms with Crippen molar-refractivity contribution in [1.82, 2.24) is 9.88 Å². The van der Waals surface area contributed by atoms with Crippen LogP contribution in [0.25, 0.3) is 0 Å². The van der Waals surface area contributed by atoms with Gasteiger partial charge in [-0.15, -0.1) is 0 Å². The molecule has 0 radical (unpaired) electrons.